The number of fused-ring (bicyclic) bond motifs is 1. The molecule has 0 bridgehead atoms. The molecule has 0 atom stereocenters. The average Bonchev–Trinajstić information content (AvgIpc) is 3.32. The van der Waals surface area contributed by atoms with Crippen molar-refractivity contribution in [2.45, 2.75) is 37.8 Å². The summed E-state index contributed by atoms with van der Waals surface area (Å²) in [4.78, 5) is 11.4. The van der Waals surface area contributed by atoms with E-state index in [0.29, 0.717) is 39.9 Å². The van der Waals surface area contributed by atoms with Gasteiger partial charge in [0.2, 0.25) is 0 Å². The van der Waals surface area contributed by atoms with Crippen LogP contribution in [0.5, 0.6) is 11.5 Å². The van der Waals surface area contributed by atoms with E-state index in [9.17, 15) is 0 Å². The molecule has 6 rings (SSSR count). The highest BCUT2D eigenvalue weighted by molar-refractivity contribution is 5.98. The number of aromatic nitrogens is 4. The van der Waals surface area contributed by atoms with Crippen LogP contribution >= 0.6 is 0 Å². The molecule has 2 aliphatic heterocycles. The number of nitrogens with zero attached hydrogens (tertiary/aromatic N) is 5. The van der Waals surface area contributed by atoms with Gasteiger partial charge in [0.05, 0.1) is 11.4 Å². The van der Waals surface area contributed by atoms with Crippen molar-refractivity contribution >= 4 is 16.9 Å². The van der Waals surface area contributed by atoms with Gasteiger partial charge in [-0.3, -0.25) is 0 Å². The van der Waals surface area contributed by atoms with Crippen LogP contribution in [-0.2, 0) is 0 Å². The predicted octanol–water partition coefficient (Wildman–Crippen LogP) is 4.40. The van der Waals surface area contributed by atoms with Gasteiger partial charge in [0.15, 0.2) is 17.2 Å². The fourth-order valence-corrected chi connectivity index (χ4v) is 5.47. The number of piperidine rings is 2. The maximum absolute atomic E-state index is 15.1. The lowest BCUT2D eigenvalue weighted by Crippen LogP contribution is -2.46. The van der Waals surface area contributed by atoms with E-state index < -0.39 is 5.82 Å². The van der Waals surface area contributed by atoms with Crippen molar-refractivity contribution in [1.29, 1.82) is 0 Å². The smallest absolute Gasteiger partial charge is 0.166 e. The van der Waals surface area contributed by atoms with E-state index in [1.807, 2.05) is 22.9 Å². The highest BCUT2D eigenvalue weighted by Crippen LogP contribution is 2.36. The second-order valence-electron chi connectivity index (χ2n) is 9.56. The SMILES string of the molecule is Nc1ncnc2c1c(-c1ccc(Oc3ccccc3)c(F)c1)nn2C1CCN(C2CCNCC2)CC1. The van der Waals surface area contributed by atoms with E-state index in [4.69, 9.17) is 15.6 Å². The van der Waals surface area contributed by atoms with Crippen molar-refractivity contribution in [3.8, 4) is 22.8 Å². The summed E-state index contributed by atoms with van der Waals surface area (Å²) in [5.41, 5.74) is 8.19. The molecular weight excluding hydrogens is 457 g/mol. The zero-order valence-corrected chi connectivity index (χ0v) is 20.1. The number of rotatable bonds is 5. The monoisotopic (exact) mass is 487 g/mol. The minimum absolute atomic E-state index is 0.156. The second-order valence-corrected chi connectivity index (χ2v) is 9.56. The Morgan fingerprint density at radius 2 is 1.72 bits per heavy atom. The van der Waals surface area contributed by atoms with Gasteiger partial charge < -0.3 is 20.7 Å². The van der Waals surface area contributed by atoms with Gasteiger partial charge in [0.1, 0.15) is 23.6 Å². The summed E-state index contributed by atoms with van der Waals surface area (Å²) in [7, 11) is 0. The van der Waals surface area contributed by atoms with Crippen LogP contribution in [0.3, 0.4) is 0 Å². The summed E-state index contributed by atoms with van der Waals surface area (Å²) >= 11 is 0. The van der Waals surface area contributed by atoms with E-state index >= 15 is 4.39 Å². The Morgan fingerprint density at radius 1 is 0.944 bits per heavy atom. The van der Waals surface area contributed by atoms with Gasteiger partial charge in [0, 0.05) is 24.7 Å². The van der Waals surface area contributed by atoms with Gasteiger partial charge in [-0.2, -0.15) is 5.10 Å². The molecule has 8 nitrogen and oxygen atoms in total. The highest BCUT2D eigenvalue weighted by atomic mass is 19.1. The molecule has 2 saturated heterocycles. The molecule has 2 aromatic carbocycles. The Hall–Kier alpha value is -3.56. The zero-order valence-electron chi connectivity index (χ0n) is 20.1. The molecule has 0 amide bonds. The van der Waals surface area contributed by atoms with Crippen molar-refractivity contribution in [3.05, 3.63) is 60.7 Å². The number of nitrogens with one attached hydrogen (secondary N) is 1. The molecule has 0 saturated carbocycles. The number of anilines is 1. The summed E-state index contributed by atoms with van der Waals surface area (Å²) in [6, 6.07) is 14.9. The first-order valence-corrected chi connectivity index (χ1v) is 12.6. The molecule has 4 heterocycles. The molecule has 9 heteroatoms. The van der Waals surface area contributed by atoms with Crippen molar-refractivity contribution in [2.24, 2.45) is 0 Å². The number of halogens is 1. The van der Waals surface area contributed by atoms with Crippen LogP contribution in [-0.4, -0.2) is 56.9 Å². The van der Waals surface area contributed by atoms with Crippen molar-refractivity contribution in [2.75, 3.05) is 31.9 Å². The number of likely N-dealkylation sites (tertiary alicyclic amines) is 1. The van der Waals surface area contributed by atoms with Crippen molar-refractivity contribution < 1.29 is 9.13 Å². The summed E-state index contributed by atoms with van der Waals surface area (Å²) < 4.78 is 22.8. The fourth-order valence-electron chi connectivity index (χ4n) is 5.47. The predicted molar refractivity (Wildman–Crippen MR) is 137 cm³/mol. The summed E-state index contributed by atoms with van der Waals surface area (Å²) in [6.45, 7) is 4.26. The summed E-state index contributed by atoms with van der Waals surface area (Å²) in [6.07, 6.45) is 5.86. The van der Waals surface area contributed by atoms with Crippen LogP contribution in [0.15, 0.2) is 54.9 Å². The lowest BCUT2D eigenvalue weighted by Gasteiger charge is -2.39. The third-order valence-electron chi connectivity index (χ3n) is 7.36. The first kappa shape index (κ1) is 22.9. The largest absolute Gasteiger partial charge is 0.454 e. The summed E-state index contributed by atoms with van der Waals surface area (Å²) in [5.74, 6) is 0.610. The second kappa shape index (κ2) is 9.83. The zero-order chi connectivity index (χ0) is 24.5. The van der Waals surface area contributed by atoms with Crippen LogP contribution in [0.4, 0.5) is 10.2 Å². The molecule has 0 radical (unpaired) electrons. The molecule has 0 spiro atoms. The molecule has 36 heavy (non-hydrogen) atoms. The number of ether oxygens (including phenoxy) is 1. The molecular formula is C27H30FN7O. The van der Waals surface area contributed by atoms with Crippen LogP contribution in [0.1, 0.15) is 31.7 Å². The number of hydrogen-bond donors (Lipinski definition) is 2. The Labute approximate surface area is 209 Å². The van der Waals surface area contributed by atoms with E-state index in [1.165, 1.54) is 25.2 Å². The molecule has 2 fully saturated rings. The van der Waals surface area contributed by atoms with Gasteiger partial charge in [-0.05, 0) is 69.1 Å². The fraction of sp³-hybridized carbons (Fsp3) is 0.370. The third kappa shape index (κ3) is 4.40. The summed E-state index contributed by atoms with van der Waals surface area (Å²) in [5, 5.41) is 9.05. The van der Waals surface area contributed by atoms with Gasteiger partial charge in [-0.25, -0.2) is 19.0 Å². The van der Waals surface area contributed by atoms with Crippen LogP contribution in [0.25, 0.3) is 22.3 Å². The topological polar surface area (TPSA) is 94.1 Å². The number of hydrogen-bond acceptors (Lipinski definition) is 7. The van der Waals surface area contributed by atoms with Gasteiger partial charge in [-0.1, -0.05) is 18.2 Å². The van der Waals surface area contributed by atoms with Gasteiger partial charge >= 0.3 is 0 Å². The van der Waals surface area contributed by atoms with E-state index in [-0.39, 0.29) is 11.8 Å². The quantitative estimate of drug-likeness (QED) is 0.431. The number of benzene rings is 2. The molecule has 2 aliphatic rings. The first-order valence-electron chi connectivity index (χ1n) is 12.6. The molecule has 3 N–H and O–H groups in total. The third-order valence-corrected chi connectivity index (χ3v) is 7.36. The Morgan fingerprint density at radius 3 is 2.47 bits per heavy atom. The van der Waals surface area contributed by atoms with Crippen LogP contribution in [0, 0.1) is 5.82 Å². The molecule has 4 aromatic rings. The Kier molecular flexibility index (Phi) is 6.25. The number of nitrogen functional groups attached to an aromatic ring is 1. The van der Waals surface area contributed by atoms with E-state index in [0.717, 1.165) is 39.0 Å². The minimum Gasteiger partial charge on any atom is -0.454 e. The van der Waals surface area contributed by atoms with Gasteiger partial charge in [-0.15, -0.1) is 0 Å². The average molecular weight is 488 g/mol. The maximum Gasteiger partial charge on any atom is 0.166 e. The minimum atomic E-state index is -0.468. The number of para-hydroxylation sites is 1. The lowest BCUT2D eigenvalue weighted by molar-refractivity contribution is 0.111. The first-order chi connectivity index (χ1) is 17.7. The normalized spacial score (nSPS) is 18.0. The Balaban J connectivity index is 1.29. The molecule has 2 aromatic heterocycles. The lowest BCUT2D eigenvalue weighted by atomic mass is 9.99. The van der Waals surface area contributed by atoms with E-state index in [1.54, 1.807) is 24.3 Å². The standard InChI is InChI=1S/C27H30FN7O/c28-22-16-18(6-7-23(22)36-21-4-2-1-3-5-21)25-24-26(29)31-17-32-27(24)35(33-25)20-10-14-34(15-11-20)19-8-12-30-13-9-19/h1-7,16-17,19-20,30H,8-15H2,(H2,29,31,32). The highest BCUT2D eigenvalue weighted by Gasteiger charge is 2.29. The van der Waals surface area contributed by atoms with Crippen LogP contribution < -0.4 is 15.8 Å². The molecule has 0 aliphatic carbocycles. The maximum atomic E-state index is 15.1. The van der Waals surface area contributed by atoms with Crippen molar-refractivity contribution in [1.82, 2.24) is 30.0 Å². The van der Waals surface area contributed by atoms with Crippen molar-refractivity contribution in [3.63, 3.8) is 0 Å². The number of nitrogens with two attached hydrogens (primary N) is 1. The molecule has 186 valence electrons. The molecule has 0 unspecified atom stereocenters. The van der Waals surface area contributed by atoms with Crippen LogP contribution in [0.2, 0.25) is 0 Å². The Bertz CT molecular complexity index is 1350. The van der Waals surface area contributed by atoms with E-state index in [2.05, 4.69) is 20.2 Å². The van der Waals surface area contributed by atoms with Gasteiger partial charge in [0.25, 0.3) is 0 Å².